The van der Waals surface area contributed by atoms with E-state index < -0.39 is 28.5 Å². The molecule has 0 heterocycles. The molecule has 1 aromatic carbocycles. The second-order valence-corrected chi connectivity index (χ2v) is 4.46. The van der Waals surface area contributed by atoms with Crippen molar-refractivity contribution in [1.29, 1.82) is 0 Å². The minimum atomic E-state index is -4.68. The molecular weight excluding hydrogens is 291 g/mol. The molecule has 9 heteroatoms. The first-order chi connectivity index (χ1) is 9.71. The molecular formula is C12H16F3N3O3. The Morgan fingerprint density at radius 3 is 2.57 bits per heavy atom. The number of non-ortho nitro benzene ring substituents is 1. The topological polar surface area (TPSA) is 87.4 Å². The second kappa shape index (κ2) is 7.23. The molecule has 1 unspecified atom stereocenters. The molecule has 0 aliphatic heterocycles. The lowest BCUT2D eigenvalue weighted by Gasteiger charge is -2.15. The first kappa shape index (κ1) is 17.2. The van der Waals surface area contributed by atoms with Crippen molar-refractivity contribution in [2.45, 2.75) is 19.2 Å². The first-order valence-corrected chi connectivity index (χ1v) is 6.20. The van der Waals surface area contributed by atoms with Crippen molar-refractivity contribution in [2.24, 2.45) is 0 Å². The number of nitro groups is 1. The summed E-state index contributed by atoms with van der Waals surface area (Å²) in [4.78, 5) is 9.67. The Labute approximate surface area is 119 Å². The van der Waals surface area contributed by atoms with E-state index in [1.165, 1.54) is 0 Å². The van der Waals surface area contributed by atoms with Gasteiger partial charge in [0.1, 0.15) is 0 Å². The van der Waals surface area contributed by atoms with E-state index in [9.17, 15) is 23.3 Å². The van der Waals surface area contributed by atoms with Gasteiger partial charge in [-0.15, -0.1) is 0 Å². The number of benzene rings is 1. The van der Waals surface area contributed by atoms with Gasteiger partial charge in [0, 0.05) is 37.5 Å². The third kappa shape index (κ3) is 5.56. The lowest BCUT2D eigenvalue weighted by atomic mass is 10.1. The van der Waals surface area contributed by atoms with Gasteiger partial charge >= 0.3 is 6.18 Å². The summed E-state index contributed by atoms with van der Waals surface area (Å²) in [6.45, 7) is 2.44. The summed E-state index contributed by atoms with van der Waals surface area (Å²) in [6.07, 6.45) is -5.23. The summed E-state index contributed by atoms with van der Waals surface area (Å²) in [5.74, 6) is 0. The Morgan fingerprint density at radius 1 is 1.38 bits per heavy atom. The molecule has 0 amide bonds. The Balaban J connectivity index is 2.75. The van der Waals surface area contributed by atoms with Gasteiger partial charge in [0.05, 0.1) is 16.6 Å². The van der Waals surface area contributed by atoms with E-state index >= 15 is 0 Å². The number of nitro benzene ring substituents is 1. The van der Waals surface area contributed by atoms with E-state index in [1.54, 1.807) is 6.92 Å². The maximum atomic E-state index is 12.9. The maximum absolute atomic E-state index is 12.9. The highest BCUT2D eigenvalue weighted by molar-refractivity contribution is 5.57. The predicted octanol–water partition coefficient (Wildman–Crippen LogP) is 2.00. The van der Waals surface area contributed by atoms with Gasteiger partial charge in [-0.3, -0.25) is 10.1 Å². The molecule has 0 aromatic heterocycles. The van der Waals surface area contributed by atoms with Crippen LogP contribution in [-0.4, -0.2) is 35.8 Å². The molecule has 1 aromatic rings. The van der Waals surface area contributed by atoms with Crippen molar-refractivity contribution in [3.8, 4) is 0 Å². The lowest BCUT2D eigenvalue weighted by Crippen LogP contribution is -2.29. The van der Waals surface area contributed by atoms with Crippen LogP contribution in [0.1, 0.15) is 12.5 Å². The summed E-state index contributed by atoms with van der Waals surface area (Å²) < 4.78 is 38.6. The van der Waals surface area contributed by atoms with Crippen LogP contribution in [0.15, 0.2) is 18.2 Å². The largest absolute Gasteiger partial charge is 0.418 e. The number of rotatable bonds is 7. The average molecular weight is 307 g/mol. The smallest absolute Gasteiger partial charge is 0.392 e. The number of halogens is 3. The summed E-state index contributed by atoms with van der Waals surface area (Å²) in [5.41, 5.74) is -1.90. The summed E-state index contributed by atoms with van der Waals surface area (Å²) in [7, 11) is 0. The molecule has 0 bridgehead atoms. The van der Waals surface area contributed by atoms with E-state index in [-0.39, 0.29) is 12.2 Å². The van der Waals surface area contributed by atoms with Crippen molar-refractivity contribution < 1.29 is 23.2 Å². The zero-order valence-electron chi connectivity index (χ0n) is 11.3. The van der Waals surface area contributed by atoms with Crippen LogP contribution in [0, 0.1) is 10.1 Å². The van der Waals surface area contributed by atoms with Gasteiger partial charge < -0.3 is 15.7 Å². The highest BCUT2D eigenvalue weighted by Crippen LogP contribution is 2.36. The lowest BCUT2D eigenvalue weighted by molar-refractivity contribution is -0.385. The number of nitrogens with zero attached hydrogens (tertiary/aromatic N) is 1. The fourth-order valence-electron chi connectivity index (χ4n) is 1.63. The van der Waals surface area contributed by atoms with E-state index in [2.05, 4.69) is 10.6 Å². The normalized spacial score (nSPS) is 13.0. The van der Waals surface area contributed by atoms with Crippen molar-refractivity contribution >= 4 is 11.4 Å². The summed E-state index contributed by atoms with van der Waals surface area (Å²) in [5, 5.41) is 25.0. The van der Waals surface area contributed by atoms with Gasteiger partial charge in [0.15, 0.2) is 0 Å². The zero-order chi connectivity index (χ0) is 16.0. The van der Waals surface area contributed by atoms with Crippen LogP contribution >= 0.6 is 0 Å². The summed E-state index contributed by atoms with van der Waals surface area (Å²) in [6, 6.07) is 2.56. The van der Waals surface area contributed by atoms with Crippen LogP contribution in [0.4, 0.5) is 24.5 Å². The van der Waals surface area contributed by atoms with Crippen molar-refractivity contribution in [3.63, 3.8) is 0 Å². The van der Waals surface area contributed by atoms with Gasteiger partial charge in [-0.25, -0.2) is 0 Å². The highest BCUT2D eigenvalue weighted by Gasteiger charge is 2.35. The predicted molar refractivity (Wildman–Crippen MR) is 71.1 cm³/mol. The fourth-order valence-corrected chi connectivity index (χ4v) is 1.63. The molecule has 6 nitrogen and oxygen atoms in total. The van der Waals surface area contributed by atoms with Crippen molar-refractivity contribution in [3.05, 3.63) is 33.9 Å². The molecule has 21 heavy (non-hydrogen) atoms. The van der Waals surface area contributed by atoms with Gasteiger partial charge in [-0.2, -0.15) is 13.2 Å². The highest BCUT2D eigenvalue weighted by atomic mass is 19.4. The number of aliphatic hydroxyl groups excluding tert-OH is 1. The van der Waals surface area contributed by atoms with Crippen LogP contribution < -0.4 is 10.6 Å². The van der Waals surface area contributed by atoms with E-state index in [4.69, 9.17) is 5.11 Å². The van der Waals surface area contributed by atoms with Crippen LogP contribution in [-0.2, 0) is 6.18 Å². The average Bonchev–Trinajstić information content (AvgIpc) is 2.36. The number of hydrogen-bond acceptors (Lipinski definition) is 5. The number of anilines is 1. The molecule has 0 saturated heterocycles. The van der Waals surface area contributed by atoms with Gasteiger partial charge in [0.25, 0.3) is 5.69 Å². The molecule has 3 N–H and O–H groups in total. The Bertz CT molecular complexity index is 492. The SMILES string of the molecule is CC(O)CNCCNc1ccc([N+](=O)[O-])cc1C(F)(F)F. The van der Waals surface area contributed by atoms with E-state index in [0.717, 1.165) is 12.1 Å². The quantitative estimate of drug-likeness (QED) is 0.407. The Morgan fingerprint density at radius 2 is 2.05 bits per heavy atom. The van der Waals surface area contributed by atoms with Crippen LogP contribution in [0.25, 0.3) is 0 Å². The first-order valence-electron chi connectivity index (χ1n) is 6.20. The standard InChI is InChI=1S/C12H16F3N3O3/c1-8(19)7-16-4-5-17-11-3-2-9(18(20)21)6-10(11)12(13,14)15/h2-3,6,8,16-17,19H,4-5,7H2,1H3. The van der Waals surface area contributed by atoms with Crippen molar-refractivity contribution in [1.82, 2.24) is 5.32 Å². The van der Waals surface area contributed by atoms with Gasteiger partial charge in [-0.05, 0) is 13.0 Å². The molecule has 0 radical (unpaired) electrons. The monoisotopic (exact) mass is 307 g/mol. The van der Waals surface area contributed by atoms with Crippen molar-refractivity contribution in [2.75, 3.05) is 25.0 Å². The van der Waals surface area contributed by atoms with Crippen LogP contribution in [0.3, 0.4) is 0 Å². The number of aliphatic hydroxyl groups is 1. The maximum Gasteiger partial charge on any atom is 0.418 e. The molecule has 0 saturated carbocycles. The third-order valence-corrected chi connectivity index (χ3v) is 2.58. The minimum absolute atomic E-state index is 0.188. The van der Waals surface area contributed by atoms with E-state index in [1.807, 2.05) is 0 Å². The van der Waals surface area contributed by atoms with Gasteiger partial charge in [-0.1, -0.05) is 0 Å². The van der Waals surface area contributed by atoms with Crippen LogP contribution in [0.2, 0.25) is 0 Å². The third-order valence-electron chi connectivity index (χ3n) is 2.58. The summed E-state index contributed by atoms with van der Waals surface area (Å²) >= 11 is 0. The second-order valence-electron chi connectivity index (χ2n) is 4.46. The number of alkyl halides is 3. The van der Waals surface area contributed by atoms with E-state index in [0.29, 0.717) is 19.2 Å². The minimum Gasteiger partial charge on any atom is -0.392 e. The van der Waals surface area contributed by atoms with Gasteiger partial charge in [0.2, 0.25) is 0 Å². The Kier molecular flexibility index (Phi) is 5.91. The molecule has 0 spiro atoms. The fraction of sp³-hybridized carbons (Fsp3) is 0.500. The molecule has 1 rings (SSSR count). The van der Waals surface area contributed by atoms with Crippen LogP contribution in [0.5, 0.6) is 0 Å². The molecule has 1 atom stereocenters. The molecule has 0 aliphatic carbocycles. The molecule has 0 aliphatic rings. The number of nitrogens with one attached hydrogen (secondary N) is 2. The Hall–Kier alpha value is -1.87. The molecule has 118 valence electrons. The molecule has 0 fully saturated rings. The number of hydrogen-bond donors (Lipinski definition) is 3. The zero-order valence-corrected chi connectivity index (χ0v) is 11.3.